The van der Waals surface area contributed by atoms with E-state index in [4.69, 9.17) is 0 Å². The van der Waals surface area contributed by atoms with E-state index in [1.54, 1.807) is 6.07 Å². The van der Waals surface area contributed by atoms with E-state index in [0.29, 0.717) is 17.3 Å². The number of rotatable bonds is 4. The summed E-state index contributed by atoms with van der Waals surface area (Å²) in [5.74, 6) is 2.42. The Balaban J connectivity index is 1.27. The first-order valence-corrected chi connectivity index (χ1v) is 10.1. The summed E-state index contributed by atoms with van der Waals surface area (Å²) >= 11 is 0. The molecule has 5 nitrogen and oxygen atoms in total. The van der Waals surface area contributed by atoms with Crippen molar-refractivity contribution in [3.8, 4) is 0 Å². The molecule has 0 aliphatic heterocycles. The zero-order valence-corrected chi connectivity index (χ0v) is 15.1. The van der Waals surface area contributed by atoms with E-state index in [-0.39, 0.29) is 17.5 Å². The minimum Gasteiger partial charge on any atom is -0.347 e. The second-order valence-corrected chi connectivity index (χ2v) is 9.11. The molecule has 3 N–H and O–H groups in total. The summed E-state index contributed by atoms with van der Waals surface area (Å²) in [7, 11) is 0. The third-order valence-corrected chi connectivity index (χ3v) is 6.71. The quantitative estimate of drug-likeness (QED) is 0.773. The van der Waals surface area contributed by atoms with Crippen LogP contribution in [0.1, 0.15) is 61.7 Å². The molecule has 0 unspecified atom stereocenters. The van der Waals surface area contributed by atoms with Gasteiger partial charge < -0.3 is 16.0 Å². The summed E-state index contributed by atoms with van der Waals surface area (Å²) in [4.78, 5) is 24.8. The summed E-state index contributed by atoms with van der Waals surface area (Å²) in [5.41, 5.74) is 1.31. The van der Waals surface area contributed by atoms with Crippen LogP contribution in [0.3, 0.4) is 0 Å². The van der Waals surface area contributed by atoms with Gasteiger partial charge in [-0.1, -0.05) is 6.07 Å². The number of benzene rings is 1. The highest BCUT2D eigenvalue weighted by Crippen LogP contribution is 2.55. The Labute approximate surface area is 154 Å². The fourth-order valence-corrected chi connectivity index (χ4v) is 5.90. The number of carbonyl (C=O) groups excluding carboxylic acids is 2. The van der Waals surface area contributed by atoms with Gasteiger partial charge in [-0.25, -0.2) is 4.79 Å². The van der Waals surface area contributed by atoms with Crippen molar-refractivity contribution in [1.82, 2.24) is 10.6 Å². The Morgan fingerprint density at radius 3 is 2.23 bits per heavy atom. The summed E-state index contributed by atoms with van der Waals surface area (Å²) in [6, 6.07) is 7.40. The van der Waals surface area contributed by atoms with Gasteiger partial charge in [0.2, 0.25) is 0 Å². The second kappa shape index (κ2) is 6.00. The van der Waals surface area contributed by atoms with Gasteiger partial charge >= 0.3 is 6.03 Å². The van der Waals surface area contributed by atoms with Crippen molar-refractivity contribution < 1.29 is 9.59 Å². The summed E-state index contributed by atoms with van der Waals surface area (Å²) in [6.45, 7) is 0. The largest absolute Gasteiger partial charge is 0.347 e. The van der Waals surface area contributed by atoms with Crippen molar-refractivity contribution in [3.63, 3.8) is 0 Å². The molecular weight excluding hydrogens is 326 g/mol. The van der Waals surface area contributed by atoms with Gasteiger partial charge in [-0.15, -0.1) is 0 Å². The molecule has 0 atom stereocenters. The van der Waals surface area contributed by atoms with Crippen LogP contribution in [-0.2, 0) is 0 Å². The van der Waals surface area contributed by atoms with Crippen molar-refractivity contribution in [3.05, 3.63) is 29.8 Å². The standard InChI is InChI=1S/C21H27N3O2/c25-19(24-21-10-13-6-14(11-21)8-15(7-13)12-21)16-2-1-3-18(9-16)23-20(26)22-17-4-5-17/h1-3,9,13-15,17H,4-8,10-12H2,(H,24,25)(H2,22,23,26). The zero-order chi connectivity index (χ0) is 17.7. The third-order valence-electron chi connectivity index (χ3n) is 6.71. The minimum atomic E-state index is -0.189. The molecule has 0 spiro atoms. The monoisotopic (exact) mass is 353 g/mol. The lowest BCUT2D eigenvalue weighted by Gasteiger charge is -2.56. The van der Waals surface area contributed by atoms with Gasteiger partial charge in [0.15, 0.2) is 0 Å². The van der Waals surface area contributed by atoms with E-state index < -0.39 is 0 Å². The smallest absolute Gasteiger partial charge is 0.319 e. The molecule has 1 aromatic rings. The van der Waals surface area contributed by atoms with Gasteiger partial charge in [0.05, 0.1) is 0 Å². The maximum Gasteiger partial charge on any atom is 0.319 e. The third kappa shape index (κ3) is 3.19. The molecule has 0 saturated heterocycles. The Morgan fingerprint density at radius 1 is 0.962 bits per heavy atom. The highest BCUT2D eigenvalue weighted by Gasteiger charge is 2.51. The molecule has 138 valence electrons. The molecular formula is C21H27N3O2. The first-order chi connectivity index (χ1) is 12.6. The molecule has 26 heavy (non-hydrogen) atoms. The van der Waals surface area contributed by atoms with Crippen LogP contribution in [0, 0.1) is 17.8 Å². The van der Waals surface area contributed by atoms with Crippen LogP contribution in [-0.4, -0.2) is 23.5 Å². The Kier molecular flexibility index (Phi) is 3.73. The number of nitrogens with one attached hydrogen (secondary N) is 3. The zero-order valence-electron chi connectivity index (χ0n) is 15.1. The number of amides is 3. The molecule has 0 radical (unpaired) electrons. The van der Waals surface area contributed by atoms with Crippen LogP contribution in [0.5, 0.6) is 0 Å². The molecule has 5 aliphatic carbocycles. The van der Waals surface area contributed by atoms with Gasteiger partial charge in [-0.3, -0.25) is 4.79 Å². The first kappa shape index (κ1) is 16.2. The molecule has 5 fully saturated rings. The van der Waals surface area contributed by atoms with E-state index in [0.717, 1.165) is 49.9 Å². The SMILES string of the molecule is O=C(Nc1cccc(C(=O)NC23CC4CC(CC(C4)C2)C3)c1)NC1CC1. The maximum absolute atomic E-state index is 12.9. The predicted octanol–water partition coefficient (Wildman–Crippen LogP) is 3.67. The van der Waals surface area contributed by atoms with Crippen molar-refractivity contribution in [2.45, 2.75) is 62.9 Å². The first-order valence-electron chi connectivity index (χ1n) is 10.1. The van der Waals surface area contributed by atoms with Gasteiger partial charge in [-0.05, 0) is 87.3 Å². The lowest BCUT2D eigenvalue weighted by atomic mass is 9.53. The lowest BCUT2D eigenvalue weighted by Crippen LogP contribution is -2.59. The summed E-state index contributed by atoms with van der Waals surface area (Å²) in [6.07, 6.45) is 9.65. The molecule has 3 amide bonds. The number of urea groups is 1. The number of anilines is 1. The number of hydrogen-bond acceptors (Lipinski definition) is 2. The van der Waals surface area contributed by atoms with Gasteiger partial charge in [0.1, 0.15) is 0 Å². The summed E-state index contributed by atoms with van der Waals surface area (Å²) in [5, 5.41) is 9.14. The van der Waals surface area contributed by atoms with Crippen molar-refractivity contribution in [1.29, 1.82) is 0 Å². The number of carbonyl (C=O) groups is 2. The molecule has 6 rings (SSSR count). The fourth-order valence-electron chi connectivity index (χ4n) is 5.90. The molecule has 5 aliphatic rings. The van der Waals surface area contributed by atoms with Crippen LogP contribution in [0.15, 0.2) is 24.3 Å². The van der Waals surface area contributed by atoms with Gasteiger partial charge in [-0.2, -0.15) is 0 Å². The average Bonchev–Trinajstić information content (AvgIpc) is 3.37. The van der Waals surface area contributed by atoms with Gasteiger partial charge in [0, 0.05) is 22.8 Å². The molecule has 5 saturated carbocycles. The Morgan fingerprint density at radius 2 is 1.62 bits per heavy atom. The fraction of sp³-hybridized carbons (Fsp3) is 0.619. The van der Waals surface area contributed by atoms with Crippen molar-refractivity contribution >= 4 is 17.6 Å². The van der Waals surface area contributed by atoms with Crippen LogP contribution < -0.4 is 16.0 Å². The van der Waals surface area contributed by atoms with E-state index >= 15 is 0 Å². The molecule has 0 aromatic heterocycles. The van der Waals surface area contributed by atoms with E-state index in [2.05, 4.69) is 16.0 Å². The van der Waals surface area contributed by atoms with Crippen molar-refractivity contribution in [2.24, 2.45) is 17.8 Å². The topological polar surface area (TPSA) is 70.2 Å². The Bertz CT molecular complexity index is 705. The van der Waals surface area contributed by atoms with E-state index in [1.165, 1.54) is 19.3 Å². The average molecular weight is 353 g/mol. The normalized spacial score (nSPS) is 34.4. The molecule has 1 aromatic carbocycles. The van der Waals surface area contributed by atoms with E-state index in [9.17, 15) is 9.59 Å². The van der Waals surface area contributed by atoms with Gasteiger partial charge in [0.25, 0.3) is 5.91 Å². The van der Waals surface area contributed by atoms with Crippen LogP contribution >= 0.6 is 0 Å². The minimum absolute atomic E-state index is 0.00167. The lowest BCUT2D eigenvalue weighted by molar-refractivity contribution is -0.0167. The van der Waals surface area contributed by atoms with Crippen LogP contribution in [0.25, 0.3) is 0 Å². The molecule has 4 bridgehead atoms. The molecule has 0 heterocycles. The summed E-state index contributed by atoms with van der Waals surface area (Å²) < 4.78 is 0. The van der Waals surface area contributed by atoms with Crippen molar-refractivity contribution in [2.75, 3.05) is 5.32 Å². The van der Waals surface area contributed by atoms with Crippen LogP contribution in [0.4, 0.5) is 10.5 Å². The van der Waals surface area contributed by atoms with Crippen LogP contribution in [0.2, 0.25) is 0 Å². The highest BCUT2D eigenvalue weighted by atomic mass is 16.2. The molecule has 5 heteroatoms. The Hall–Kier alpha value is -2.04. The maximum atomic E-state index is 12.9. The predicted molar refractivity (Wildman–Crippen MR) is 100.0 cm³/mol. The second-order valence-electron chi connectivity index (χ2n) is 9.11. The highest BCUT2D eigenvalue weighted by molar-refractivity contribution is 5.97. The number of hydrogen-bond donors (Lipinski definition) is 3. The van der Waals surface area contributed by atoms with E-state index in [1.807, 2.05) is 18.2 Å².